The topological polar surface area (TPSA) is 56.2 Å². The van der Waals surface area contributed by atoms with Crippen molar-refractivity contribution in [3.8, 4) is 5.75 Å². The highest BCUT2D eigenvalue weighted by atomic mass is 35.5. The van der Waals surface area contributed by atoms with E-state index < -0.39 is 0 Å². The molecule has 0 bridgehead atoms. The normalized spacial score (nSPS) is 11.0. The largest absolute Gasteiger partial charge is 0.494 e. The van der Waals surface area contributed by atoms with E-state index in [0.717, 1.165) is 71.9 Å². The third-order valence-corrected chi connectivity index (χ3v) is 6.10. The molecule has 0 fully saturated rings. The van der Waals surface area contributed by atoms with E-state index in [1.165, 1.54) is 11.6 Å². The third kappa shape index (κ3) is 6.36. The first-order chi connectivity index (χ1) is 15.5. The number of hydrogen-bond donors (Lipinski definition) is 1. The predicted octanol–water partition coefficient (Wildman–Crippen LogP) is 5.79. The van der Waals surface area contributed by atoms with Gasteiger partial charge in [0.05, 0.1) is 17.6 Å². The van der Waals surface area contributed by atoms with Crippen LogP contribution < -0.4 is 10.1 Å². The quantitative estimate of drug-likeness (QED) is 0.279. The minimum Gasteiger partial charge on any atom is -0.494 e. The number of rotatable bonds is 12. The maximum absolute atomic E-state index is 11.2. The number of imidazole rings is 1. The average Bonchev–Trinajstić information content (AvgIpc) is 3.14. The van der Waals surface area contributed by atoms with Crippen LogP contribution in [0.2, 0.25) is 5.02 Å². The summed E-state index contributed by atoms with van der Waals surface area (Å²) in [4.78, 5) is 16.1. The lowest BCUT2D eigenvalue weighted by molar-refractivity contribution is -0.116. The molecule has 0 aliphatic heterocycles. The Labute approximate surface area is 195 Å². The molecule has 3 rings (SSSR count). The van der Waals surface area contributed by atoms with Crippen molar-refractivity contribution in [3.63, 3.8) is 0 Å². The van der Waals surface area contributed by atoms with Crippen LogP contribution in [0.15, 0.2) is 49.1 Å². The van der Waals surface area contributed by atoms with Crippen molar-refractivity contribution in [1.29, 1.82) is 0 Å². The maximum atomic E-state index is 11.2. The molecule has 5 nitrogen and oxygen atoms in total. The number of carbonyl (C=O) groups excluding carboxylic acids is 1. The van der Waals surface area contributed by atoms with Crippen molar-refractivity contribution in [1.82, 2.24) is 14.9 Å². The molecule has 0 spiro atoms. The van der Waals surface area contributed by atoms with Crippen LogP contribution in [0.4, 0.5) is 0 Å². The Morgan fingerprint density at radius 1 is 1.16 bits per heavy atom. The van der Waals surface area contributed by atoms with E-state index in [1.54, 1.807) is 0 Å². The number of benzene rings is 2. The fraction of sp³-hybridized carbons (Fsp3) is 0.385. The van der Waals surface area contributed by atoms with E-state index in [1.807, 2.05) is 32.0 Å². The number of nitrogens with zero attached hydrogens (tertiary/aromatic N) is 2. The highest BCUT2D eigenvalue weighted by Crippen LogP contribution is 2.26. The van der Waals surface area contributed by atoms with Crippen LogP contribution in [-0.2, 0) is 17.8 Å². The molecule has 32 heavy (non-hydrogen) atoms. The molecule has 0 atom stereocenters. The first-order valence-electron chi connectivity index (χ1n) is 11.2. The average molecular weight is 454 g/mol. The van der Waals surface area contributed by atoms with Gasteiger partial charge in [-0.3, -0.25) is 4.79 Å². The number of hydrogen-bond acceptors (Lipinski definition) is 3. The fourth-order valence-corrected chi connectivity index (χ4v) is 3.95. The van der Waals surface area contributed by atoms with Crippen molar-refractivity contribution in [3.05, 3.63) is 71.0 Å². The Bertz CT molecular complexity index is 1050. The molecule has 3 aromatic rings. The van der Waals surface area contributed by atoms with Gasteiger partial charge in [0, 0.05) is 24.5 Å². The molecule has 170 valence electrons. The summed E-state index contributed by atoms with van der Waals surface area (Å²) in [5.41, 5.74) is 4.27. The van der Waals surface area contributed by atoms with Gasteiger partial charge in [-0.1, -0.05) is 36.7 Å². The Kier molecular flexibility index (Phi) is 8.74. The van der Waals surface area contributed by atoms with Crippen LogP contribution in [0.25, 0.3) is 11.0 Å². The molecule has 0 aliphatic rings. The number of ether oxygens (including phenoxy) is 1. The van der Waals surface area contributed by atoms with Crippen LogP contribution in [0.3, 0.4) is 0 Å². The number of fused-ring (bicyclic) bond motifs is 1. The van der Waals surface area contributed by atoms with E-state index in [-0.39, 0.29) is 5.91 Å². The summed E-state index contributed by atoms with van der Waals surface area (Å²) in [5.74, 6) is 1.86. The molecule has 1 amide bonds. The highest BCUT2D eigenvalue weighted by molar-refractivity contribution is 6.32. The molecule has 0 aliphatic carbocycles. The molecular formula is C26H32ClN3O2. The SMILES string of the molecule is C=CC(=O)NCCCCCc1nc2ccccc2n1CCCOc1cc(C)c(Cl)c(C)c1. The minimum atomic E-state index is -0.113. The second kappa shape index (κ2) is 11.7. The number of para-hydroxylation sites is 2. The first-order valence-corrected chi connectivity index (χ1v) is 11.6. The van der Waals surface area contributed by atoms with E-state index in [9.17, 15) is 4.79 Å². The zero-order valence-corrected chi connectivity index (χ0v) is 19.8. The third-order valence-electron chi connectivity index (χ3n) is 5.50. The number of amides is 1. The zero-order chi connectivity index (χ0) is 22.9. The van der Waals surface area contributed by atoms with Gasteiger partial charge >= 0.3 is 0 Å². The van der Waals surface area contributed by atoms with E-state index in [2.05, 4.69) is 34.7 Å². The van der Waals surface area contributed by atoms with Gasteiger partial charge < -0.3 is 14.6 Å². The Hall–Kier alpha value is -2.79. The molecule has 0 unspecified atom stereocenters. The summed E-state index contributed by atoms with van der Waals surface area (Å²) in [6.45, 7) is 9.64. The van der Waals surface area contributed by atoms with Crippen molar-refractivity contribution < 1.29 is 9.53 Å². The summed E-state index contributed by atoms with van der Waals surface area (Å²) in [6, 6.07) is 12.3. The lowest BCUT2D eigenvalue weighted by Gasteiger charge is -2.12. The molecule has 1 N–H and O–H groups in total. The smallest absolute Gasteiger partial charge is 0.243 e. The molecular weight excluding hydrogens is 422 g/mol. The summed E-state index contributed by atoms with van der Waals surface area (Å²) in [6.07, 6.45) is 6.14. The van der Waals surface area contributed by atoms with Gasteiger partial charge in [0.2, 0.25) is 5.91 Å². The van der Waals surface area contributed by atoms with Gasteiger partial charge in [-0.15, -0.1) is 0 Å². The lowest BCUT2D eigenvalue weighted by atomic mass is 10.1. The predicted molar refractivity (Wildman–Crippen MR) is 132 cm³/mol. The fourth-order valence-electron chi connectivity index (χ4n) is 3.84. The minimum absolute atomic E-state index is 0.113. The number of aromatic nitrogens is 2. The Balaban J connectivity index is 1.54. The number of nitrogens with one attached hydrogen (secondary N) is 1. The van der Waals surface area contributed by atoms with Crippen molar-refractivity contribution in [2.75, 3.05) is 13.2 Å². The monoisotopic (exact) mass is 453 g/mol. The van der Waals surface area contributed by atoms with Gasteiger partial charge in [0.25, 0.3) is 0 Å². The van der Waals surface area contributed by atoms with E-state index in [0.29, 0.717) is 13.2 Å². The van der Waals surface area contributed by atoms with E-state index in [4.69, 9.17) is 21.3 Å². The Morgan fingerprint density at radius 2 is 1.91 bits per heavy atom. The van der Waals surface area contributed by atoms with Crippen molar-refractivity contribution in [2.24, 2.45) is 0 Å². The van der Waals surface area contributed by atoms with Gasteiger partial charge in [-0.2, -0.15) is 0 Å². The Morgan fingerprint density at radius 3 is 2.66 bits per heavy atom. The molecule has 0 saturated carbocycles. The van der Waals surface area contributed by atoms with Gasteiger partial charge in [-0.25, -0.2) is 4.98 Å². The summed E-state index contributed by atoms with van der Waals surface area (Å²) in [7, 11) is 0. The molecule has 6 heteroatoms. The zero-order valence-electron chi connectivity index (χ0n) is 19.0. The van der Waals surface area contributed by atoms with Gasteiger partial charge in [0.15, 0.2) is 0 Å². The number of carbonyl (C=O) groups is 1. The highest BCUT2D eigenvalue weighted by Gasteiger charge is 2.10. The van der Waals surface area contributed by atoms with Crippen molar-refractivity contribution in [2.45, 2.75) is 52.5 Å². The van der Waals surface area contributed by atoms with Crippen LogP contribution in [-0.4, -0.2) is 28.6 Å². The number of aryl methyl sites for hydroxylation is 4. The standard InChI is InChI=1S/C26H32ClN3O2/c1-4-25(31)28-14-9-5-6-13-24-29-22-11-7-8-12-23(22)30(24)15-10-16-32-21-17-19(2)26(27)20(3)18-21/h4,7-8,11-12,17-18H,1,5-6,9-10,13-16H2,2-3H3,(H,28,31). The summed E-state index contributed by atoms with van der Waals surface area (Å²) in [5, 5.41) is 3.62. The van der Waals surface area contributed by atoms with Crippen LogP contribution >= 0.6 is 11.6 Å². The lowest BCUT2D eigenvalue weighted by Crippen LogP contribution is -2.21. The summed E-state index contributed by atoms with van der Waals surface area (Å²) >= 11 is 6.25. The van der Waals surface area contributed by atoms with Crippen LogP contribution in [0.1, 0.15) is 42.6 Å². The second-order valence-electron chi connectivity index (χ2n) is 8.05. The second-order valence-corrected chi connectivity index (χ2v) is 8.43. The maximum Gasteiger partial charge on any atom is 0.243 e. The van der Waals surface area contributed by atoms with Gasteiger partial charge in [-0.05, 0) is 74.6 Å². The summed E-state index contributed by atoms with van der Waals surface area (Å²) < 4.78 is 8.31. The number of halogens is 1. The van der Waals surface area contributed by atoms with E-state index >= 15 is 0 Å². The molecule has 1 aromatic heterocycles. The molecule has 2 aromatic carbocycles. The molecule has 0 radical (unpaired) electrons. The van der Waals surface area contributed by atoms with Crippen LogP contribution in [0.5, 0.6) is 5.75 Å². The number of unbranched alkanes of at least 4 members (excludes halogenated alkanes) is 2. The van der Waals surface area contributed by atoms with Crippen LogP contribution in [0, 0.1) is 13.8 Å². The molecule has 1 heterocycles. The first kappa shape index (κ1) is 23.9. The van der Waals surface area contributed by atoms with Crippen molar-refractivity contribution >= 4 is 28.5 Å². The molecule has 0 saturated heterocycles. The van der Waals surface area contributed by atoms with Gasteiger partial charge in [0.1, 0.15) is 11.6 Å².